The summed E-state index contributed by atoms with van der Waals surface area (Å²) in [6, 6.07) is 11.1. The number of carbonyl (C=O) groups is 1. The van der Waals surface area contributed by atoms with Crippen LogP contribution < -0.4 is 4.74 Å². The van der Waals surface area contributed by atoms with Crippen molar-refractivity contribution in [2.24, 2.45) is 0 Å². The Labute approximate surface area is 174 Å². The average molecular weight is 416 g/mol. The Morgan fingerprint density at radius 3 is 2.64 bits per heavy atom. The van der Waals surface area contributed by atoms with Crippen molar-refractivity contribution in [3.63, 3.8) is 0 Å². The summed E-state index contributed by atoms with van der Waals surface area (Å²) in [6.07, 6.45) is 3.51. The smallest absolute Gasteiger partial charge is 0.266 e. The third-order valence-corrected chi connectivity index (χ3v) is 5.54. The molecule has 1 amide bonds. The van der Waals surface area contributed by atoms with E-state index in [0.29, 0.717) is 28.8 Å². The van der Waals surface area contributed by atoms with E-state index in [1.54, 1.807) is 24.5 Å². The number of amides is 1. The quantitative estimate of drug-likeness (QED) is 0.536. The molecule has 0 radical (unpaired) electrons. The van der Waals surface area contributed by atoms with Gasteiger partial charge in [0.05, 0.1) is 5.69 Å². The second-order valence-electron chi connectivity index (χ2n) is 6.65. The first-order valence-electron chi connectivity index (χ1n) is 8.98. The second kappa shape index (κ2) is 9.17. The van der Waals surface area contributed by atoms with Crippen molar-refractivity contribution in [1.29, 1.82) is 0 Å². The van der Waals surface area contributed by atoms with E-state index < -0.39 is 0 Å². The number of hydrogen-bond acceptors (Lipinski definition) is 5. The zero-order valence-corrected chi connectivity index (χ0v) is 17.6. The predicted octanol–water partition coefficient (Wildman–Crippen LogP) is 5.13. The van der Waals surface area contributed by atoms with Crippen LogP contribution in [-0.4, -0.2) is 26.8 Å². The first-order valence-corrected chi connectivity index (χ1v) is 10.2. The second-order valence-corrected chi connectivity index (χ2v) is 8.17. The number of ether oxygens (including phenoxy) is 1. The zero-order chi connectivity index (χ0) is 20.1. The van der Waals surface area contributed by atoms with Crippen molar-refractivity contribution in [2.75, 3.05) is 0 Å². The summed E-state index contributed by atoms with van der Waals surface area (Å²) in [5.74, 6) is 0.692. The minimum Gasteiger partial charge on any atom is -0.486 e. The fraction of sp³-hybridized carbons (Fsp3) is 0.286. The van der Waals surface area contributed by atoms with Gasteiger partial charge < -0.3 is 9.64 Å². The Kier molecular flexibility index (Phi) is 6.65. The van der Waals surface area contributed by atoms with E-state index in [1.165, 1.54) is 11.3 Å². The summed E-state index contributed by atoms with van der Waals surface area (Å²) < 4.78 is 5.75. The first kappa shape index (κ1) is 20.3. The molecule has 7 heteroatoms. The lowest BCUT2D eigenvalue weighted by atomic mass is 10.2. The van der Waals surface area contributed by atoms with Crippen LogP contribution in [-0.2, 0) is 13.2 Å². The van der Waals surface area contributed by atoms with Gasteiger partial charge in [0.15, 0.2) is 0 Å². The van der Waals surface area contributed by atoms with E-state index in [0.717, 1.165) is 16.3 Å². The molecule has 2 heterocycles. The summed E-state index contributed by atoms with van der Waals surface area (Å²) >= 11 is 7.27. The van der Waals surface area contributed by atoms with Gasteiger partial charge in [0.2, 0.25) is 0 Å². The molecule has 146 valence electrons. The van der Waals surface area contributed by atoms with E-state index >= 15 is 0 Å². The van der Waals surface area contributed by atoms with Gasteiger partial charge in [-0.1, -0.05) is 17.7 Å². The van der Waals surface area contributed by atoms with Crippen LogP contribution >= 0.6 is 22.9 Å². The number of thiazole rings is 1. The van der Waals surface area contributed by atoms with Crippen LogP contribution in [0.15, 0.2) is 48.8 Å². The van der Waals surface area contributed by atoms with Crippen LogP contribution in [0.2, 0.25) is 5.02 Å². The molecule has 28 heavy (non-hydrogen) atoms. The van der Waals surface area contributed by atoms with E-state index in [9.17, 15) is 4.79 Å². The molecule has 0 fully saturated rings. The molecule has 1 aromatic carbocycles. The number of benzene rings is 1. The maximum atomic E-state index is 13.2. The Morgan fingerprint density at radius 1 is 1.25 bits per heavy atom. The van der Waals surface area contributed by atoms with Crippen LogP contribution in [0.4, 0.5) is 0 Å². The van der Waals surface area contributed by atoms with Crippen molar-refractivity contribution in [2.45, 2.75) is 40.0 Å². The number of aromatic nitrogens is 2. The molecule has 0 aliphatic carbocycles. The molecule has 0 unspecified atom stereocenters. The van der Waals surface area contributed by atoms with Gasteiger partial charge in [0, 0.05) is 30.0 Å². The van der Waals surface area contributed by atoms with Crippen molar-refractivity contribution in [3.05, 3.63) is 75.0 Å². The predicted molar refractivity (Wildman–Crippen MR) is 112 cm³/mol. The fourth-order valence-electron chi connectivity index (χ4n) is 2.70. The molecule has 5 nitrogen and oxygen atoms in total. The molecule has 0 aliphatic heterocycles. The molecule has 3 rings (SSSR count). The van der Waals surface area contributed by atoms with Gasteiger partial charge in [-0.15, -0.1) is 11.3 Å². The molecule has 0 bridgehead atoms. The minimum atomic E-state index is -0.0217. The Bertz CT molecular complexity index is 927. The van der Waals surface area contributed by atoms with Gasteiger partial charge in [-0.2, -0.15) is 0 Å². The lowest BCUT2D eigenvalue weighted by Crippen LogP contribution is -2.36. The van der Waals surface area contributed by atoms with Gasteiger partial charge in [0.25, 0.3) is 5.91 Å². The summed E-state index contributed by atoms with van der Waals surface area (Å²) in [6.45, 7) is 6.70. The van der Waals surface area contributed by atoms with Crippen LogP contribution in [0.25, 0.3) is 0 Å². The molecular formula is C21H22ClN3O2S. The third-order valence-electron chi connectivity index (χ3n) is 4.17. The Morgan fingerprint density at radius 2 is 2.00 bits per heavy atom. The third kappa shape index (κ3) is 5.09. The standard InChI is InChI=1S/C21H22ClN3O2S/c1-14(2)25(12-16-5-4-10-23-11-16)21(26)20-15(3)24-19(28-20)13-27-18-8-6-17(22)7-9-18/h4-11,14H,12-13H2,1-3H3. The maximum Gasteiger partial charge on any atom is 0.266 e. The van der Waals surface area contributed by atoms with E-state index in [1.807, 2.05) is 49.9 Å². The molecule has 0 spiro atoms. The van der Waals surface area contributed by atoms with Crippen LogP contribution in [0.3, 0.4) is 0 Å². The van der Waals surface area contributed by atoms with Gasteiger partial charge in [-0.25, -0.2) is 4.98 Å². The molecule has 3 aromatic rings. The minimum absolute atomic E-state index is 0.0217. The van der Waals surface area contributed by atoms with Gasteiger partial charge in [0.1, 0.15) is 22.2 Å². The molecular weight excluding hydrogens is 394 g/mol. The SMILES string of the molecule is Cc1nc(COc2ccc(Cl)cc2)sc1C(=O)N(Cc1cccnc1)C(C)C. The largest absolute Gasteiger partial charge is 0.486 e. The molecule has 0 saturated carbocycles. The monoisotopic (exact) mass is 415 g/mol. The summed E-state index contributed by atoms with van der Waals surface area (Å²) in [7, 11) is 0. The van der Waals surface area contributed by atoms with Crippen LogP contribution in [0.1, 0.15) is 39.8 Å². The normalized spacial score (nSPS) is 10.9. The van der Waals surface area contributed by atoms with Crippen molar-refractivity contribution in [3.8, 4) is 5.75 Å². The highest BCUT2D eigenvalue weighted by atomic mass is 35.5. The molecule has 0 aliphatic rings. The Hall–Kier alpha value is -2.44. The zero-order valence-electron chi connectivity index (χ0n) is 16.1. The Balaban J connectivity index is 1.72. The number of nitrogens with zero attached hydrogens (tertiary/aromatic N) is 3. The van der Waals surface area contributed by atoms with E-state index in [-0.39, 0.29) is 11.9 Å². The molecule has 2 aromatic heterocycles. The van der Waals surface area contributed by atoms with E-state index in [2.05, 4.69) is 9.97 Å². The lowest BCUT2D eigenvalue weighted by Gasteiger charge is -2.26. The molecule has 0 saturated heterocycles. The number of rotatable bonds is 7. The highest BCUT2D eigenvalue weighted by Gasteiger charge is 2.24. The first-order chi connectivity index (χ1) is 13.4. The van der Waals surface area contributed by atoms with Gasteiger partial charge in [-0.05, 0) is 56.7 Å². The van der Waals surface area contributed by atoms with Gasteiger partial charge in [-0.3, -0.25) is 9.78 Å². The highest BCUT2D eigenvalue weighted by Crippen LogP contribution is 2.24. The number of hydrogen-bond donors (Lipinski definition) is 0. The summed E-state index contributed by atoms with van der Waals surface area (Å²) in [4.78, 5) is 24.3. The number of pyridine rings is 1. The topological polar surface area (TPSA) is 55.3 Å². The number of carbonyl (C=O) groups excluding carboxylic acids is 1. The van der Waals surface area contributed by atoms with Crippen molar-refractivity contribution < 1.29 is 9.53 Å². The number of aryl methyl sites for hydroxylation is 1. The van der Waals surface area contributed by atoms with Crippen molar-refractivity contribution in [1.82, 2.24) is 14.9 Å². The van der Waals surface area contributed by atoms with Crippen molar-refractivity contribution >= 4 is 28.8 Å². The average Bonchev–Trinajstić information content (AvgIpc) is 3.06. The summed E-state index contributed by atoms with van der Waals surface area (Å²) in [5.41, 5.74) is 1.72. The summed E-state index contributed by atoms with van der Waals surface area (Å²) in [5, 5.41) is 1.42. The fourth-order valence-corrected chi connectivity index (χ4v) is 3.76. The van der Waals surface area contributed by atoms with Crippen LogP contribution in [0.5, 0.6) is 5.75 Å². The van der Waals surface area contributed by atoms with Gasteiger partial charge >= 0.3 is 0 Å². The molecule has 0 atom stereocenters. The van der Waals surface area contributed by atoms with Crippen LogP contribution in [0, 0.1) is 6.92 Å². The molecule has 0 N–H and O–H groups in total. The highest BCUT2D eigenvalue weighted by molar-refractivity contribution is 7.13. The number of halogens is 1. The van der Waals surface area contributed by atoms with E-state index in [4.69, 9.17) is 16.3 Å². The maximum absolute atomic E-state index is 13.2. The lowest BCUT2D eigenvalue weighted by molar-refractivity contribution is 0.0694.